The van der Waals surface area contributed by atoms with Crippen LogP contribution in [0.4, 0.5) is 4.39 Å². The summed E-state index contributed by atoms with van der Waals surface area (Å²) in [5.41, 5.74) is -0.556. The smallest absolute Gasteiger partial charge is 0.309 e. The molecule has 0 aliphatic rings. The van der Waals surface area contributed by atoms with Crippen LogP contribution in [-0.4, -0.2) is 24.1 Å². The molecule has 1 aromatic rings. The largest absolute Gasteiger partial charge is 0.494 e. The number of carboxylic acid groups (broad SMARTS) is 1. The second-order valence-electron chi connectivity index (χ2n) is 5.11. The van der Waals surface area contributed by atoms with Gasteiger partial charge in [-0.2, -0.15) is 0 Å². The van der Waals surface area contributed by atoms with Crippen LogP contribution in [0, 0.1) is 11.2 Å². The quantitative estimate of drug-likeness (QED) is 0.836. The Hall–Kier alpha value is -2.11. The van der Waals surface area contributed by atoms with Crippen LogP contribution >= 0.6 is 0 Å². The first-order chi connectivity index (χ1) is 9.26. The molecule has 0 atom stereocenters. The Kier molecular flexibility index (Phi) is 5.07. The van der Waals surface area contributed by atoms with Gasteiger partial charge in [0.2, 0.25) is 5.91 Å². The maximum Gasteiger partial charge on any atom is 0.309 e. The highest BCUT2D eigenvalue weighted by molar-refractivity contribution is 5.84. The Morgan fingerprint density at radius 3 is 2.55 bits per heavy atom. The molecule has 0 unspecified atom stereocenters. The van der Waals surface area contributed by atoms with Crippen LogP contribution in [0.1, 0.15) is 25.8 Å². The highest BCUT2D eigenvalue weighted by Gasteiger charge is 2.29. The number of rotatable bonds is 6. The van der Waals surface area contributed by atoms with E-state index in [1.54, 1.807) is 6.07 Å². The van der Waals surface area contributed by atoms with Crippen molar-refractivity contribution in [3.05, 3.63) is 29.6 Å². The summed E-state index contributed by atoms with van der Waals surface area (Å²) in [6.45, 7) is 3.08. The van der Waals surface area contributed by atoms with E-state index in [4.69, 9.17) is 9.84 Å². The molecule has 0 aliphatic heterocycles. The van der Waals surface area contributed by atoms with Crippen molar-refractivity contribution in [1.29, 1.82) is 0 Å². The fourth-order valence-corrected chi connectivity index (χ4v) is 1.56. The maximum absolute atomic E-state index is 13.4. The highest BCUT2D eigenvalue weighted by Crippen LogP contribution is 2.20. The van der Waals surface area contributed by atoms with E-state index in [0.717, 1.165) is 0 Å². The van der Waals surface area contributed by atoms with E-state index in [-0.39, 0.29) is 18.7 Å². The Balaban J connectivity index is 2.57. The first-order valence-corrected chi connectivity index (χ1v) is 6.09. The summed E-state index contributed by atoms with van der Waals surface area (Å²) in [6.07, 6.45) is -0.138. The number of ether oxygens (including phenoxy) is 1. The molecule has 20 heavy (non-hydrogen) atoms. The SMILES string of the molecule is COc1ccc(CNC(=O)CC(C)(C)C(=O)O)cc1F. The lowest BCUT2D eigenvalue weighted by Crippen LogP contribution is -2.33. The Labute approximate surface area is 116 Å². The van der Waals surface area contributed by atoms with E-state index in [1.807, 2.05) is 0 Å². The molecule has 0 radical (unpaired) electrons. The molecule has 1 aromatic carbocycles. The standard InChI is InChI=1S/C14H18FNO4/c1-14(2,13(18)19)7-12(17)16-8-9-4-5-11(20-3)10(15)6-9/h4-6H,7-8H2,1-3H3,(H,16,17)(H,18,19). The molecule has 0 aromatic heterocycles. The molecule has 5 nitrogen and oxygen atoms in total. The van der Waals surface area contributed by atoms with Gasteiger partial charge in [-0.15, -0.1) is 0 Å². The lowest BCUT2D eigenvalue weighted by Gasteiger charge is -2.18. The lowest BCUT2D eigenvalue weighted by atomic mass is 9.89. The molecule has 2 N–H and O–H groups in total. The van der Waals surface area contributed by atoms with Crippen molar-refractivity contribution < 1.29 is 23.8 Å². The summed E-state index contributed by atoms with van der Waals surface area (Å²) in [5, 5.41) is 11.5. The summed E-state index contributed by atoms with van der Waals surface area (Å²) < 4.78 is 18.2. The van der Waals surface area contributed by atoms with Crippen LogP contribution < -0.4 is 10.1 Å². The number of hydrogen-bond acceptors (Lipinski definition) is 3. The molecule has 0 heterocycles. The number of carbonyl (C=O) groups is 2. The lowest BCUT2D eigenvalue weighted by molar-refractivity contribution is -0.149. The molecule has 0 saturated heterocycles. The van der Waals surface area contributed by atoms with Gasteiger partial charge in [-0.25, -0.2) is 4.39 Å². The molecule has 6 heteroatoms. The van der Waals surface area contributed by atoms with Gasteiger partial charge in [-0.3, -0.25) is 9.59 Å². The monoisotopic (exact) mass is 283 g/mol. The van der Waals surface area contributed by atoms with Crippen molar-refractivity contribution in [2.45, 2.75) is 26.8 Å². The molecular formula is C14H18FNO4. The van der Waals surface area contributed by atoms with Crippen LogP contribution in [0.15, 0.2) is 18.2 Å². The summed E-state index contributed by atoms with van der Waals surface area (Å²) >= 11 is 0. The zero-order chi connectivity index (χ0) is 15.3. The molecule has 0 aliphatic carbocycles. The van der Waals surface area contributed by atoms with E-state index in [1.165, 1.54) is 33.1 Å². The molecule has 110 valence electrons. The average molecular weight is 283 g/mol. The second kappa shape index (κ2) is 6.36. The zero-order valence-electron chi connectivity index (χ0n) is 11.7. The Morgan fingerprint density at radius 1 is 1.40 bits per heavy atom. The van der Waals surface area contributed by atoms with Crippen LogP contribution in [0.2, 0.25) is 0 Å². The number of halogens is 1. The second-order valence-corrected chi connectivity index (χ2v) is 5.11. The summed E-state index contributed by atoms with van der Waals surface area (Å²) in [6, 6.07) is 4.37. The summed E-state index contributed by atoms with van der Waals surface area (Å²) in [5.74, 6) is -1.81. The number of amides is 1. The third kappa shape index (κ3) is 4.22. The number of nitrogens with one attached hydrogen (secondary N) is 1. The van der Waals surface area contributed by atoms with E-state index in [2.05, 4.69) is 5.32 Å². The Morgan fingerprint density at radius 2 is 2.05 bits per heavy atom. The van der Waals surface area contributed by atoms with Gasteiger partial charge in [-0.1, -0.05) is 6.07 Å². The first kappa shape index (κ1) is 15.9. The minimum atomic E-state index is -1.13. The van der Waals surface area contributed by atoms with E-state index in [9.17, 15) is 14.0 Å². The molecule has 1 amide bonds. The van der Waals surface area contributed by atoms with E-state index >= 15 is 0 Å². The van der Waals surface area contributed by atoms with Gasteiger partial charge in [0, 0.05) is 13.0 Å². The van der Waals surface area contributed by atoms with Crippen LogP contribution in [0.25, 0.3) is 0 Å². The van der Waals surface area contributed by atoms with Gasteiger partial charge >= 0.3 is 5.97 Å². The van der Waals surface area contributed by atoms with Crippen molar-refractivity contribution in [3.63, 3.8) is 0 Å². The van der Waals surface area contributed by atoms with Gasteiger partial charge in [0.15, 0.2) is 11.6 Å². The number of carbonyl (C=O) groups excluding carboxylic acids is 1. The summed E-state index contributed by atoms with van der Waals surface area (Å²) in [7, 11) is 1.37. The molecule has 1 rings (SSSR count). The molecule has 0 spiro atoms. The average Bonchev–Trinajstić information content (AvgIpc) is 2.35. The number of hydrogen-bond donors (Lipinski definition) is 2. The van der Waals surface area contributed by atoms with Crippen LogP contribution in [0.5, 0.6) is 5.75 Å². The van der Waals surface area contributed by atoms with E-state index < -0.39 is 23.1 Å². The zero-order valence-corrected chi connectivity index (χ0v) is 11.7. The Bertz CT molecular complexity index is 514. The van der Waals surface area contributed by atoms with Crippen LogP contribution in [-0.2, 0) is 16.1 Å². The highest BCUT2D eigenvalue weighted by atomic mass is 19.1. The fourth-order valence-electron chi connectivity index (χ4n) is 1.56. The normalized spacial score (nSPS) is 11.0. The minimum Gasteiger partial charge on any atom is -0.494 e. The first-order valence-electron chi connectivity index (χ1n) is 6.09. The van der Waals surface area contributed by atoms with E-state index in [0.29, 0.717) is 5.56 Å². The number of methoxy groups -OCH3 is 1. The molecule has 0 saturated carbocycles. The van der Waals surface area contributed by atoms with Crippen LogP contribution in [0.3, 0.4) is 0 Å². The van der Waals surface area contributed by atoms with Gasteiger partial charge in [-0.05, 0) is 31.5 Å². The number of benzene rings is 1. The predicted octanol–water partition coefficient (Wildman–Crippen LogP) is 1.95. The third-order valence-corrected chi connectivity index (χ3v) is 2.89. The number of carboxylic acids is 1. The van der Waals surface area contributed by atoms with Gasteiger partial charge in [0.25, 0.3) is 0 Å². The molecule has 0 fully saturated rings. The van der Waals surface area contributed by atoms with Crippen molar-refractivity contribution in [3.8, 4) is 5.75 Å². The summed E-state index contributed by atoms with van der Waals surface area (Å²) in [4.78, 5) is 22.6. The fraction of sp³-hybridized carbons (Fsp3) is 0.429. The molecule has 0 bridgehead atoms. The van der Waals surface area contributed by atoms with Crippen molar-refractivity contribution in [2.75, 3.05) is 7.11 Å². The molecular weight excluding hydrogens is 265 g/mol. The van der Waals surface area contributed by atoms with Crippen molar-refractivity contribution >= 4 is 11.9 Å². The topological polar surface area (TPSA) is 75.6 Å². The van der Waals surface area contributed by atoms with Gasteiger partial charge in [0.1, 0.15) is 0 Å². The van der Waals surface area contributed by atoms with Gasteiger partial charge < -0.3 is 15.2 Å². The predicted molar refractivity (Wildman–Crippen MR) is 70.8 cm³/mol. The van der Waals surface area contributed by atoms with Crippen molar-refractivity contribution in [1.82, 2.24) is 5.32 Å². The van der Waals surface area contributed by atoms with Crippen molar-refractivity contribution in [2.24, 2.45) is 5.41 Å². The number of aliphatic carboxylic acids is 1. The third-order valence-electron chi connectivity index (χ3n) is 2.89. The maximum atomic E-state index is 13.4. The van der Waals surface area contributed by atoms with Gasteiger partial charge in [0.05, 0.1) is 12.5 Å². The minimum absolute atomic E-state index is 0.132.